The summed E-state index contributed by atoms with van der Waals surface area (Å²) >= 11 is 0. The third-order valence-corrected chi connectivity index (χ3v) is 2.59. The average Bonchev–Trinajstić information content (AvgIpc) is 2.91. The van der Waals surface area contributed by atoms with Crippen LogP contribution in [0, 0.1) is 0 Å². The highest BCUT2D eigenvalue weighted by Crippen LogP contribution is 2.26. The Kier molecular flexibility index (Phi) is 2.34. The molecule has 4 heteroatoms. The number of nitrogens with two attached hydrogens (primary N) is 1. The number of para-hydroxylation sites is 1. The maximum atomic E-state index is 5.61. The van der Waals surface area contributed by atoms with Crippen molar-refractivity contribution in [2.75, 3.05) is 0 Å². The standard InChI is InChI=1S/C13H11N3O/c14-8-12-15-10-5-2-1-4-9(10)13(16-12)11-6-3-7-17-11/h1-7H,8,14H2. The number of furan rings is 1. The molecule has 0 unspecified atom stereocenters. The van der Waals surface area contributed by atoms with Gasteiger partial charge in [0.2, 0.25) is 0 Å². The Hall–Kier alpha value is -2.20. The van der Waals surface area contributed by atoms with E-state index in [2.05, 4.69) is 9.97 Å². The van der Waals surface area contributed by atoms with Crippen LogP contribution in [0.5, 0.6) is 0 Å². The van der Waals surface area contributed by atoms with Gasteiger partial charge < -0.3 is 10.2 Å². The van der Waals surface area contributed by atoms with Gasteiger partial charge >= 0.3 is 0 Å². The molecule has 84 valence electrons. The highest BCUT2D eigenvalue weighted by molar-refractivity contribution is 5.90. The zero-order valence-electron chi connectivity index (χ0n) is 9.13. The zero-order valence-corrected chi connectivity index (χ0v) is 9.13. The summed E-state index contributed by atoms with van der Waals surface area (Å²) in [6, 6.07) is 11.6. The molecule has 1 aromatic carbocycles. The fourth-order valence-corrected chi connectivity index (χ4v) is 1.82. The minimum atomic E-state index is 0.318. The van der Waals surface area contributed by atoms with Crippen molar-refractivity contribution in [3.63, 3.8) is 0 Å². The number of nitrogens with zero attached hydrogens (tertiary/aromatic N) is 2. The zero-order chi connectivity index (χ0) is 11.7. The van der Waals surface area contributed by atoms with Crippen LogP contribution in [0.4, 0.5) is 0 Å². The van der Waals surface area contributed by atoms with E-state index in [-0.39, 0.29) is 0 Å². The number of hydrogen-bond donors (Lipinski definition) is 1. The van der Waals surface area contributed by atoms with Gasteiger partial charge in [-0.1, -0.05) is 18.2 Å². The molecule has 2 N–H and O–H groups in total. The van der Waals surface area contributed by atoms with E-state index in [9.17, 15) is 0 Å². The van der Waals surface area contributed by atoms with Gasteiger partial charge in [0.25, 0.3) is 0 Å². The normalized spacial score (nSPS) is 10.9. The van der Waals surface area contributed by atoms with E-state index in [4.69, 9.17) is 10.2 Å². The molecular weight excluding hydrogens is 214 g/mol. The van der Waals surface area contributed by atoms with Crippen molar-refractivity contribution in [2.24, 2.45) is 5.73 Å². The number of benzene rings is 1. The van der Waals surface area contributed by atoms with Crippen LogP contribution in [-0.2, 0) is 6.54 Å². The molecule has 4 nitrogen and oxygen atoms in total. The van der Waals surface area contributed by atoms with Crippen molar-refractivity contribution in [3.8, 4) is 11.5 Å². The van der Waals surface area contributed by atoms with E-state index in [0.717, 1.165) is 22.4 Å². The SMILES string of the molecule is NCc1nc(-c2ccco2)c2ccccc2n1. The summed E-state index contributed by atoms with van der Waals surface area (Å²) in [6.07, 6.45) is 1.63. The number of fused-ring (bicyclic) bond motifs is 1. The van der Waals surface area contributed by atoms with Crippen LogP contribution in [0.25, 0.3) is 22.4 Å². The van der Waals surface area contributed by atoms with E-state index in [0.29, 0.717) is 12.4 Å². The maximum absolute atomic E-state index is 5.61. The molecule has 2 aromatic heterocycles. The van der Waals surface area contributed by atoms with Crippen molar-refractivity contribution in [1.29, 1.82) is 0 Å². The number of aromatic nitrogens is 2. The van der Waals surface area contributed by atoms with Crippen LogP contribution in [-0.4, -0.2) is 9.97 Å². The lowest BCUT2D eigenvalue weighted by Gasteiger charge is -2.05. The Balaban J connectivity index is 2.35. The Morgan fingerprint density at radius 3 is 2.71 bits per heavy atom. The number of hydrogen-bond acceptors (Lipinski definition) is 4. The molecular formula is C13H11N3O. The quantitative estimate of drug-likeness (QED) is 0.727. The molecule has 0 aliphatic heterocycles. The van der Waals surface area contributed by atoms with Crippen LogP contribution in [0.3, 0.4) is 0 Å². The molecule has 0 aliphatic rings. The summed E-state index contributed by atoms with van der Waals surface area (Å²) in [6.45, 7) is 0.318. The van der Waals surface area contributed by atoms with Crippen molar-refractivity contribution in [3.05, 3.63) is 48.5 Å². The van der Waals surface area contributed by atoms with Crippen molar-refractivity contribution in [1.82, 2.24) is 9.97 Å². The van der Waals surface area contributed by atoms with Crippen molar-refractivity contribution >= 4 is 10.9 Å². The van der Waals surface area contributed by atoms with Gasteiger partial charge in [-0.25, -0.2) is 9.97 Å². The van der Waals surface area contributed by atoms with Crippen LogP contribution in [0.2, 0.25) is 0 Å². The maximum Gasteiger partial charge on any atom is 0.153 e. The lowest BCUT2D eigenvalue weighted by molar-refractivity contribution is 0.580. The molecule has 2 heterocycles. The van der Waals surface area contributed by atoms with Crippen LogP contribution in [0.1, 0.15) is 5.82 Å². The first-order chi connectivity index (χ1) is 8.38. The Morgan fingerprint density at radius 1 is 1.06 bits per heavy atom. The summed E-state index contributed by atoms with van der Waals surface area (Å²) in [5.41, 5.74) is 7.28. The van der Waals surface area contributed by atoms with E-state index in [1.165, 1.54) is 0 Å². The molecule has 0 saturated carbocycles. The van der Waals surface area contributed by atoms with Gasteiger partial charge in [-0.3, -0.25) is 0 Å². The largest absolute Gasteiger partial charge is 0.463 e. The molecule has 0 atom stereocenters. The first kappa shape index (κ1) is 9.99. The molecule has 3 rings (SSSR count). The lowest BCUT2D eigenvalue weighted by atomic mass is 10.1. The summed E-state index contributed by atoms with van der Waals surface area (Å²) in [5, 5.41) is 0.972. The van der Waals surface area contributed by atoms with Crippen LogP contribution in [0.15, 0.2) is 47.1 Å². The second kappa shape index (κ2) is 3.99. The van der Waals surface area contributed by atoms with Gasteiger partial charge in [0, 0.05) is 5.39 Å². The predicted octanol–water partition coefficient (Wildman–Crippen LogP) is 2.35. The van der Waals surface area contributed by atoms with E-state index in [1.54, 1.807) is 6.26 Å². The van der Waals surface area contributed by atoms with Crippen molar-refractivity contribution < 1.29 is 4.42 Å². The highest BCUT2D eigenvalue weighted by atomic mass is 16.3. The number of rotatable bonds is 2. The van der Waals surface area contributed by atoms with Crippen LogP contribution < -0.4 is 5.73 Å². The molecule has 0 radical (unpaired) electrons. The Bertz CT molecular complexity index is 647. The monoisotopic (exact) mass is 225 g/mol. The molecule has 0 amide bonds. The summed E-state index contributed by atoms with van der Waals surface area (Å²) in [5.74, 6) is 1.36. The summed E-state index contributed by atoms with van der Waals surface area (Å²) in [7, 11) is 0. The van der Waals surface area contributed by atoms with Gasteiger partial charge in [0.15, 0.2) is 5.76 Å². The lowest BCUT2D eigenvalue weighted by Crippen LogP contribution is -2.04. The summed E-state index contributed by atoms with van der Waals surface area (Å²) < 4.78 is 5.40. The topological polar surface area (TPSA) is 64.9 Å². The molecule has 17 heavy (non-hydrogen) atoms. The second-order valence-electron chi connectivity index (χ2n) is 3.69. The first-order valence-corrected chi connectivity index (χ1v) is 5.38. The highest BCUT2D eigenvalue weighted by Gasteiger charge is 2.10. The van der Waals surface area contributed by atoms with Gasteiger partial charge in [0.05, 0.1) is 18.3 Å². The molecule has 0 bridgehead atoms. The fourth-order valence-electron chi connectivity index (χ4n) is 1.82. The predicted molar refractivity (Wildman–Crippen MR) is 65.1 cm³/mol. The fraction of sp³-hybridized carbons (Fsp3) is 0.0769. The van der Waals surface area contributed by atoms with Gasteiger partial charge in [-0.2, -0.15) is 0 Å². The second-order valence-corrected chi connectivity index (χ2v) is 3.69. The third-order valence-electron chi connectivity index (χ3n) is 2.59. The molecule has 0 spiro atoms. The van der Waals surface area contributed by atoms with Gasteiger partial charge in [-0.05, 0) is 18.2 Å². The van der Waals surface area contributed by atoms with Gasteiger partial charge in [-0.15, -0.1) is 0 Å². The molecule has 0 fully saturated rings. The van der Waals surface area contributed by atoms with E-state index in [1.807, 2.05) is 36.4 Å². The van der Waals surface area contributed by atoms with E-state index < -0.39 is 0 Å². The van der Waals surface area contributed by atoms with Crippen molar-refractivity contribution in [2.45, 2.75) is 6.54 Å². The minimum Gasteiger partial charge on any atom is -0.463 e. The van der Waals surface area contributed by atoms with E-state index >= 15 is 0 Å². The Morgan fingerprint density at radius 2 is 1.94 bits per heavy atom. The van der Waals surface area contributed by atoms with Gasteiger partial charge in [0.1, 0.15) is 11.5 Å². The minimum absolute atomic E-state index is 0.318. The molecule has 3 aromatic rings. The smallest absolute Gasteiger partial charge is 0.153 e. The third kappa shape index (κ3) is 1.68. The summed E-state index contributed by atoms with van der Waals surface area (Å²) in [4.78, 5) is 8.82. The van der Waals surface area contributed by atoms with Crippen LogP contribution >= 0.6 is 0 Å². The molecule has 0 aliphatic carbocycles. The Labute approximate surface area is 98.1 Å². The average molecular weight is 225 g/mol. The molecule has 0 saturated heterocycles. The first-order valence-electron chi connectivity index (χ1n) is 5.38.